The first-order valence-corrected chi connectivity index (χ1v) is 13.6. The van der Waals surface area contributed by atoms with E-state index in [0.717, 1.165) is 25.7 Å². The largest absolute Gasteiger partial charge is 0.496 e. The van der Waals surface area contributed by atoms with Crippen LogP contribution in [0.5, 0.6) is 5.75 Å². The van der Waals surface area contributed by atoms with E-state index in [1.54, 1.807) is 12.1 Å². The molecule has 0 aliphatic carbocycles. The van der Waals surface area contributed by atoms with E-state index in [0.29, 0.717) is 13.1 Å². The lowest BCUT2D eigenvalue weighted by Crippen LogP contribution is -2.32. The van der Waals surface area contributed by atoms with Crippen LogP contribution in [0, 0.1) is 0 Å². The van der Waals surface area contributed by atoms with Crippen molar-refractivity contribution in [2.24, 2.45) is 0 Å². The second-order valence-corrected chi connectivity index (χ2v) is 11.7. The molecule has 1 heterocycles. The molecule has 1 N–H and O–H groups in total. The highest BCUT2D eigenvalue weighted by Crippen LogP contribution is 2.28. The second-order valence-electron chi connectivity index (χ2n) is 7.53. The molecule has 1 amide bonds. The number of hydrogen-bond acceptors (Lipinski definition) is 6. The summed E-state index contributed by atoms with van der Waals surface area (Å²) in [5, 5.41) is 2.60. The zero-order valence-electron chi connectivity index (χ0n) is 18.2. The summed E-state index contributed by atoms with van der Waals surface area (Å²) in [5.41, 5.74) is 0.134. The maximum atomic E-state index is 13.2. The van der Waals surface area contributed by atoms with Crippen LogP contribution in [-0.2, 0) is 19.9 Å². The van der Waals surface area contributed by atoms with Crippen molar-refractivity contribution in [2.45, 2.75) is 42.4 Å². The lowest BCUT2D eigenvalue weighted by molar-refractivity contribution is 0.102. The maximum absolute atomic E-state index is 13.2. The van der Waals surface area contributed by atoms with Gasteiger partial charge in [0, 0.05) is 13.1 Å². The van der Waals surface area contributed by atoms with E-state index in [4.69, 9.17) is 4.74 Å². The molecule has 0 spiro atoms. The summed E-state index contributed by atoms with van der Waals surface area (Å²) in [4.78, 5) is 13.1. The molecule has 0 saturated carbocycles. The smallest absolute Gasteiger partial charge is 0.259 e. The van der Waals surface area contributed by atoms with Gasteiger partial charge in [-0.2, -0.15) is 4.31 Å². The number of methoxy groups -OCH3 is 1. The normalized spacial score (nSPS) is 15.7. The average Bonchev–Trinajstić information content (AvgIpc) is 3.09. The molecule has 1 fully saturated rings. The third-order valence-corrected chi connectivity index (χ3v) is 9.15. The SMILES string of the molecule is CCS(=O)(=O)c1ccccc1NC(=O)c1cc(S(=O)(=O)N2CCCCCC2)ccc1OC. The zero-order chi connectivity index (χ0) is 23.4. The Balaban J connectivity index is 1.97. The fraction of sp³-hybridized carbons (Fsp3) is 0.409. The van der Waals surface area contributed by atoms with Gasteiger partial charge >= 0.3 is 0 Å². The number of benzene rings is 2. The molecule has 3 rings (SSSR count). The van der Waals surface area contributed by atoms with Crippen LogP contribution in [0.3, 0.4) is 0 Å². The van der Waals surface area contributed by atoms with Crippen LogP contribution in [0.4, 0.5) is 5.69 Å². The summed E-state index contributed by atoms with van der Waals surface area (Å²) in [6, 6.07) is 10.2. The lowest BCUT2D eigenvalue weighted by Gasteiger charge is -2.21. The van der Waals surface area contributed by atoms with Crippen molar-refractivity contribution in [3.63, 3.8) is 0 Å². The van der Waals surface area contributed by atoms with E-state index in [-0.39, 0.29) is 32.5 Å². The molecule has 2 aromatic rings. The minimum atomic E-state index is -3.77. The fourth-order valence-electron chi connectivity index (χ4n) is 3.64. The fourth-order valence-corrected chi connectivity index (χ4v) is 6.24. The zero-order valence-corrected chi connectivity index (χ0v) is 19.8. The van der Waals surface area contributed by atoms with Gasteiger partial charge in [0.2, 0.25) is 10.0 Å². The van der Waals surface area contributed by atoms with Crippen LogP contribution in [0.2, 0.25) is 0 Å². The summed E-state index contributed by atoms with van der Waals surface area (Å²) < 4.78 is 57.8. The Morgan fingerprint density at radius 3 is 2.28 bits per heavy atom. The van der Waals surface area contributed by atoms with Crippen LogP contribution in [0.15, 0.2) is 52.3 Å². The highest BCUT2D eigenvalue weighted by molar-refractivity contribution is 7.91. The summed E-state index contributed by atoms with van der Waals surface area (Å²) in [7, 11) is -5.96. The van der Waals surface area contributed by atoms with Gasteiger partial charge in [0.15, 0.2) is 9.84 Å². The lowest BCUT2D eigenvalue weighted by atomic mass is 10.2. The number of carbonyl (C=O) groups excluding carboxylic acids is 1. The molecule has 174 valence electrons. The van der Waals surface area contributed by atoms with Gasteiger partial charge in [-0.3, -0.25) is 4.79 Å². The molecule has 0 atom stereocenters. The van der Waals surface area contributed by atoms with Gasteiger partial charge in [-0.05, 0) is 43.2 Å². The molecule has 0 aromatic heterocycles. The first kappa shape index (κ1) is 24.2. The number of nitrogens with one attached hydrogen (secondary N) is 1. The number of sulfonamides is 1. The standard InChI is InChI=1S/C22H28N2O6S2/c1-3-31(26,27)21-11-7-6-10-19(21)23-22(25)18-16-17(12-13-20(18)30-2)32(28,29)24-14-8-4-5-9-15-24/h6-7,10-13,16H,3-5,8-9,14-15H2,1-2H3,(H,23,25). The highest BCUT2D eigenvalue weighted by Gasteiger charge is 2.27. The summed E-state index contributed by atoms with van der Waals surface area (Å²) in [5.74, 6) is -0.589. The van der Waals surface area contributed by atoms with E-state index >= 15 is 0 Å². The molecule has 0 bridgehead atoms. The molecular weight excluding hydrogens is 452 g/mol. The van der Waals surface area contributed by atoms with Crippen molar-refractivity contribution in [3.05, 3.63) is 48.0 Å². The number of ether oxygens (including phenoxy) is 1. The molecule has 8 nitrogen and oxygen atoms in total. The van der Waals surface area contributed by atoms with E-state index < -0.39 is 25.8 Å². The number of anilines is 1. The molecule has 32 heavy (non-hydrogen) atoms. The number of amides is 1. The Bertz CT molecular complexity index is 1180. The van der Waals surface area contributed by atoms with Crippen LogP contribution >= 0.6 is 0 Å². The number of nitrogens with zero attached hydrogens (tertiary/aromatic N) is 1. The van der Waals surface area contributed by atoms with Crippen LogP contribution in [0.1, 0.15) is 43.0 Å². The average molecular weight is 481 g/mol. The quantitative estimate of drug-likeness (QED) is 0.651. The Morgan fingerprint density at radius 2 is 1.66 bits per heavy atom. The van der Waals surface area contributed by atoms with Gasteiger partial charge in [0.1, 0.15) is 5.75 Å². The Kier molecular flexibility index (Phi) is 7.58. The summed E-state index contributed by atoms with van der Waals surface area (Å²) >= 11 is 0. The molecule has 2 aromatic carbocycles. The molecule has 1 aliphatic heterocycles. The number of rotatable bonds is 7. The van der Waals surface area contributed by atoms with Crippen LogP contribution in [-0.4, -0.2) is 53.0 Å². The van der Waals surface area contributed by atoms with Crippen molar-refractivity contribution in [1.29, 1.82) is 0 Å². The Labute approximate surface area is 189 Å². The monoisotopic (exact) mass is 480 g/mol. The third-order valence-electron chi connectivity index (χ3n) is 5.47. The third kappa shape index (κ3) is 5.13. The first-order chi connectivity index (χ1) is 15.2. The number of para-hydroxylation sites is 1. The maximum Gasteiger partial charge on any atom is 0.259 e. The van der Waals surface area contributed by atoms with Crippen molar-refractivity contribution in [2.75, 3.05) is 31.3 Å². The predicted octanol–water partition coefficient (Wildman–Crippen LogP) is 3.31. The number of sulfone groups is 1. The van der Waals surface area contributed by atoms with E-state index in [9.17, 15) is 21.6 Å². The van der Waals surface area contributed by atoms with Crippen molar-refractivity contribution in [1.82, 2.24) is 4.31 Å². The Hall–Kier alpha value is -2.43. The van der Waals surface area contributed by atoms with Crippen molar-refractivity contribution in [3.8, 4) is 5.75 Å². The first-order valence-electron chi connectivity index (χ1n) is 10.5. The summed E-state index contributed by atoms with van der Waals surface area (Å²) in [6.07, 6.45) is 3.57. The van der Waals surface area contributed by atoms with Gasteiger partial charge in [-0.15, -0.1) is 0 Å². The Morgan fingerprint density at radius 1 is 1.00 bits per heavy atom. The minimum absolute atomic E-state index is 0.000171. The minimum Gasteiger partial charge on any atom is -0.496 e. The number of hydrogen-bond donors (Lipinski definition) is 1. The van der Waals surface area contributed by atoms with E-state index in [1.807, 2.05) is 0 Å². The van der Waals surface area contributed by atoms with E-state index in [2.05, 4.69) is 5.32 Å². The van der Waals surface area contributed by atoms with Gasteiger partial charge in [0.25, 0.3) is 5.91 Å². The van der Waals surface area contributed by atoms with Gasteiger partial charge < -0.3 is 10.1 Å². The second kappa shape index (κ2) is 10.0. The topological polar surface area (TPSA) is 110 Å². The predicted molar refractivity (Wildman–Crippen MR) is 122 cm³/mol. The van der Waals surface area contributed by atoms with Crippen LogP contribution < -0.4 is 10.1 Å². The molecule has 0 unspecified atom stereocenters. The van der Waals surface area contributed by atoms with Crippen molar-refractivity contribution >= 4 is 31.5 Å². The molecule has 0 radical (unpaired) electrons. The van der Waals surface area contributed by atoms with Gasteiger partial charge in [-0.1, -0.05) is 31.9 Å². The summed E-state index contributed by atoms with van der Waals surface area (Å²) in [6.45, 7) is 2.41. The molecular formula is C22H28N2O6S2. The van der Waals surface area contributed by atoms with Gasteiger partial charge in [-0.25, -0.2) is 16.8 Å². The van der Waals surface area contributed by atoms with Crippen LogP contribution in [0.25, 0.3) is 0 Å². The van der Waals surface area contributed by atoms with Gasteiger partial charge in [0.05, 0.1) is 33.9 Å². The number of carbonyl (C=O) groups is 1. The molecule has 1 saturated heterocycles. The van der Waals surface area contributed by atoms with Crippen molar-refractivity contribution < 1.29 is 26.4 Å². The van der Waals surface area contributed by atoms with E-state index in [1.165, 1.54) is 48.7 Å². The molecule has 10 heteroatoms. The molecule has 1 aliphatic rings. The highest BCUT2D eigenvalue weighted by atomic mass is 32.2.